The number of likely N-dealkylation sites (tertiary alicyclic amines) is 1. The highest BCUT2D eigenvalue weighted by molar-refractivity contribution is 7.99. The predicted molar refractivity (Wildman–Crippen MR) is 107 cm³/mol. The maximum atomic E-state index is 12.4. The van der Waals surface area contributed by atoms with Crippen LogP contribution in [0.1, 0.15) is 31.7 Å². The topological polar surface area (TPSA) is 71.1 Å². The third-order valence-electron chi connectivity index (χ3n) is 4.56. The van der Waals surface area contributed by atoms with E-state index in [1.54, 1.807) is 0 Å². The number of thioether (sulfide) groups is 1. The Morgan fingerprint density at radius 2 is 2.11 bits per heavy atom. The minimum atomic E-state index is 0.151. The Morgan fingerprint density at radius 3 is 2.81 bits per heavy atom. The van der Waals surface area contributed by atoms with Gasteiger partial charge >= 0.3 is 0 Å². The van der Waals surface area contributed by atoms with Gasteiger partial charge in [-0.25, -0.2) is 4.98 Å². The first-order valence-corrected chi connectivity index (χ1v) is 10.5. The fourth-order valence-electron chi connectivity index (χ4n) is 3.35. The summed E-state index contributed by atoms with van der Waals surface area (Å²) in [6, 6.07) is 5.51. The minimum absolute atomic E-state index is 0.151. The Morgan fingerprint density at radius 1 is 1.37 bits per heavy atom. The molecule has 2 aromatic rings. The molecule has 146 valence electrons. The number of carbonyl (C=O) groups excluding carboxylic acids is 1. The standard InChI is InChI=1S/C19H25ClN4O2S/c1-12-6-13(2)9-24(8-12)18(25)11-27-19-21-17(22-23-19)10-26-15-4-5-16(20)14(3)7-15/h4-5,7,12-13H,6,8-11H2,1-3H3,(H,21,22,23)/t12-,13-/m1/s1. The number of ether oxygens (including phenoxy) is 1. The molecule has 0 spiro atoms. The number of nitrogens with one attached hydrogen (secondary N) is 1. The lowest BCUT2D eigenvalue weighted by molar-refractivity contribution is -0.130. The summed E-state index contributed by atoms with van der Waals surface area (Å²) in [4.78, 5) is 18.8. The number of nitrogens with zero attached hydrogens (tertiary/aromatic N) is 3. The lowest BCUT2D eigenvalue weighted by Gasteiger charge is -2.34. The van der Waals surface area contributed by atoms with E-state index in [4.69, 9.17) is 16.3 Å². The molecule has 1 fully saturated rings. The molecule has 3 rings (SSSR count). The largest absolute Gasteiger partial charge is 0.486 e. The average Bonchev–Trinajstić information content (AvgIpc) is 3.08. The molecule has 1 aliphatic heterocycles. The summed E-state index contributed by atoms with van der Waals surface area (Å²) >= 11 is 7.37. The monoisotopic (exact) mass is 408 g/mol. The number of H-pyrrole nitrogens is 1. The fraction of sp³-hybridized carbons (Fsp3) is 0.526. The Balaban J connectivity index is 1.47. The smallest absolute Gasteiger partial charge is 0.233 e. The second-order valence-electron chi connectivity index (χ2n) is 7.30. The van der Waals surface area contributed by atoms with Gasteiger partial charge in [-0.2, -0.15) is 0 Å². The maximum absolute atomic E-state index is 12.4. The number of carbonyl (C=O) groups is 1. The van der Waals surface area contributed by atoms with Crippen molar-refractivity contribution < 1.29 is 9.53 Å². The summed E-state index contributed by atoms with van der Waals surface area (Å²) in [5.41, 5.74) is 0.961. The molecule has 1 N–H and O–H groups in total. The van der Waals surface area contributed by atoms with Gasteiger partial charge in [-0.05, 0) is 48.9 Å². The molecule has 1 saturated heterocycles. The number of benzene rings is 1. The first kappa shape index (κ1) is 20.0. The minimum Gasteiger partial charge on any atom is -0.486 e. The van der Waals surface area contributed by atoms with Gasteiger partial charge < -0.3 is 9.64 Å². The zero-order valence-corrected chi connectivity index (χ0v) is 17.4. The quantitative estimate of drug-likeness (QED) is 0.733. The highest BCUT2D eigenvalue weighted by atomic mass is 35.5. The van der Waals surface area contributed by atoms with Crippen molar-refractivity contribution in [2.75, 3.05) is 18.8 Å². The van der Waals surface area contributed by atoms with Crippen molar-refractivity contribution >= 4 is 29.3 Å². The van der Waals surface area contributed by atoms with Crippen LogP contribution in [0, 0.1) is 18.8 Å². The molecule has 0 saturated carbocycles. The predicted octanol–water partition coefficient (Wildman–Crippen LogP) is 3.94. The van der Waals surface area contributed by atoms with Gasteiger partial charge in [0.1, 0.15) is 12.4 Å². The summed E-state index contributed by atoms with van der Waals surface area (Å²) in [5, 5.41) is 8.30. The third kappa shape index (κ3) is 5.62. The van der Waals surface area contributed by atoms with Crippen molar-refractivity contribution in [1.29, 1.82) is 0 Å². The number of hydrogen-bond acceptors (Lipinski definition) is 5. The zero-order chi connectivity index (χ0) is 19.4. The third-order valence-corrected chi connectivity index (χ3v) is 5.82. The average molecular weight is 409 g/mol. The van der Waals surface area contributed by atoms with Crippen LogP contribution in [0.3, 0.4) is 0 Å². The number of hydrogen-bond donors (Lipinski definition) is 1. The number of aryl methyl sites for hydroxylation is 1. The molecule has 2 heterocycles. The van der Waals surface area contributed by atoms with Gasteiger partial charge in [-0.15, -0.1) is 5.10 Å². The lowest BCUT2D eigenvalue weighted by atomic mass is 9.92. The Bertz CT molecular complexity index is 788. The van der Waals surface area contributed by atoms with Crippen molar-refractivity contribution in [2.45, 2.75) is 39.0 Å². The number of amides is 1. The lowest BCUT2D eigenvalue weighted by Crippen LogP contribution is -2.43. The van der Waals surface area contributed by atoms with E-state index >= 15 is 0 Å². The number of piperidine rings is 1. The molecule has 1 aromatic heterocycles. The summed E-state index contributed by atoms with van der Waals surface area (Å²) in [6.45, 7) is 8.30. The normalized spacial score (nSPS) is 19.9. The number of aromatic amines is 1. The van der Waals surface area contributed by atoms with Crippen LogP contribution in [0.15, 0.2) is 23.4 Å². The van der Waals surface area contributed by atoms with Gasteiger partial charge in [0.05, 0.1) is 5.75 Å². The van der Waals surface area contributed by atoms with E-state index in [0.29, 0.717) is 33.6 Å². The highest BCUT2D eigenvalue weighted by Crippen LogP contribution is 2.23. The van der Waals surface area contributed by atoms with Gasteiger partial charge in [-0.1, -0.05) is 37.2 Å². The van der Waals surface area contributed by atoms with Gasteiger partial charge in [-0.3, -0.25) is 9.89 Å². The second-order valence-corrected chi connectivity index (χ2v) is 8.65. The second kappa shape index (κ2) is 8.97. The van der Waals surface area contributed by atoms with Crippen molar-refractivity contribution in [1.82, 2.24) is 20.1 Å². The molecule has 1 amide bonds. The van der Waals surface area contributed by atoms with Crippen LogP contribution in [0.2, 0.25) is 5.02 Å². The molecular weight excluding hydrogens is 384 g/mol. The van der Waals surface area contributed by atoms with Crippen LogP contribution in [-0.4, -0.2) is 44.8 Å². The molecule has 0 unspecified atom stereocenters. The van der Waals surface area contributed by atoms with E-state index < -0.39 is 0 Å². The Hall–Kier alpha value is -1.73. The molecule has 1 aromatic carbocycles. The molecule has 2 atom stereocenters. The van der Waals surface area contributed by atoms with Crippen LogP contribution in [0.4, 0.5) is 0 Å². The number of aromatic nitrogens is 3. The fourth-order valence-corrected chi connectivity index (χ4v) is 4.19. The molecule has 6 nitrogen and oxygen atoms in total. The summed E-state index contributed by atoms with van der Waals surface area (Å²) in [7, 11) is 0. The SMILES string of the molecule is Cc1cc(OCc2nc(SCC(=O)N3C[C@H](C)C[C@@H](C)C3)n[nH]2)ccc1Cl. The van der Waals surface area contributed by atoms with Crippen LogP contribution >= 0.6 is 23.4 Å². The Labute approximate surface area is 169 Å². The van der Waals surface area contributed by atoms with E-state index in [-0.39, 0.29) is 12.5 Å². The van der Waals surface area contributed by atoms with Crippen LogP contribution in [-0.2, 0) is 11.4 Å². The van der Waals surface area contributed by atoms with Crippen LogP contribution in [0.25, 0.3) is 0 Å². The highest BCUT2D eigenvalue weighted by Gasteiger charge is 2.25. The van der Waals surface area contributed by atoms with Crippen molar-refractivity contribution in [3.8, 4) is 5.75 Å². The van der Waals surface area contributed by atoms with E-state index in [2.05, 4.69) is 29.0 Å². The molecule has 27 heavy (non-hydrogen) atoms. The molecule has 0 bridgehead atoms. The van der Waals surface area contributed by atoms with Crippen LogP contribution < -0.4 is 4.74 Å². The summed E-state index contributed by atoms with van der Waals surface area (Å²) < 4.78 is 5.71. The van der Waals surface area contributed by atoms with Crippen molar-refractivity contribution in [3.63, 3.8) is 0 Å². The van der Waals surface area contributed by atoms with E-state index in [0.717, 1.165) is 24.4 Å². The molecule has 0 radical (unpaired) electrons. The molecular formula is C19H25ClN4O2S. The number of halogens is 1. The first-order valence-electron chi connectivity index (χ1n) is 9.11. The maximum Gasteiger partial charge on any atom is 0.233 e. The van der Waals surface area contributed by atoms with E-state index in [9.17, 15) is 4.79 Å². The van der Waals surface area contributed by atoms with E-state index in [1.165, 1.54) is 18.2 Å². The Kier molecular flexibility index (Phi) is 6.65. The van der Waals surface area contributed by atoms with Crippen molar-refractivity contribution in [2.24, 2.45) is 11.8 Å². The van der Waals surface area contributed by atoms with Gasteiger partial charge in [0.25, 0.3) is 0 Å². The molecule has 1 aliphatic rings. The molecule has 8 heteroatoms. The number of rotatable bonds is 6. The summed E-state index contributed by atoms with van der Waals surface area (Å²) in [6.07, 6.45) is 1.19. The van der Waals surface area contributed by atoms with Gasteiger partial charge in [0, 0.05) is 18.1 Å². The van der Waals surface area contributed by atoms with Gasteiger partial charge in [0.2, 0.25) is 11.1 Å². The van der Waals surface area contributed by atoms with Gasteiger partial charge in [0.15, 0.2) is 5.82 Å². The zero-order valence-electron chi connectivity index (χ0n) is 15.9. The van der Waals surface area contributed by atoms with Crippen molar-refractivity contribution in [3.05, 3.63) is 34.6 Å². The van der Waals surface area contributed by atoms with E-state index in [1.807, 2.05) is 30.0 Å². The molecule has 0 aliphatic carbocycles. The first-order chi connectivity index (χ1) is 12.9. The summed E-state index contributed by atoms with van der Waals surface area (Å²) in [5.74, 6) is 2.98. The van der Waals surface area contributed by atoms with Crippen LogP contribution in [0.5, 0.6) is 5.75 Å².